The molecule has 168 valence electrons. The number of carbonyl (C=O) groups excluding carboxylic acids is 3. The molecule has 3 amide bonds. The summed E-state index contributed by atoms with van der Waals surface area (Å²) in [5, 5.41) is 5.71. The highest BCUT2D eigenvalue weighted by Crippen LogP contribution is 2.23. The lowest BCUT2D eigenvalue weighted by Gasteiger charge is -2.26. The van der Waals surface area contributed by atoms with Gasteiger partial charge in [0.05, 0.1) is 6.54 Å². The Hall–Kier alpha value is -3.15. The van der Waals surface area contributed by atoms with E-state index in [4.69, 9.17) is 0 Å². The number of rotatable bonds is 6. The first-order valence-electron chi connectivity index (χ1n) is 11.6. The van der Waals surface area contributed by atoms with Gasteiger partial charge in [0, 0.05) is 31.1 Å². The maximum Gasteiger partial charge on any atom is 0.251 e. The summed E-state index contributed by atoms with van der Waals surface area (Å²) in [5.41, 5.74) is 3.64. The van der Waals surface area contributed by atoms with E-state index in [-0.39, 0.29) is 30.2 Å². The highest BCUT2D eigenvalue weighted by atomic mass is 16.2. The van der Waals surface area contributed by atoms with Gasteiger partial charge in [-0.3, -0.25) is 14.4 Å². The summed E-state index contributed by atoms with van der Waals surface area (Å²) in [4.78, 5) is 38.7. The molecule has 0 radical (unpaired) electrons. The van der Waals surface area contributed by atoms with E-state index < -0.39 is 0 Å². The summed E-state index contributed by atoms with van der Waals surface area (Å²) < 4.78 is 0. The fourth-order valence-electron chi connectivity index (χ4n) is 4.50. The second-order valence-corrected chi connectivity index (χ2v) is 8.74. The van der Waals surface area contributed by atoms with Crippen LogP contribution in [0.3, 0.4) is 0 Å². The largest absolute Gasteiger partial charge is 0.356 e. The zero-order chi connectivity index (χ0) is 22.3. The molecule has 0 saturated carbocycles. The van der Waals surface area contributed by atoms with Crippen molar-refractivity contribution in [1.82, 2.24) is 15.5 Å². The van der Waals surface area contributed by atoms with Crippen molar-refractivity contribution in [3.05, 3.63) is 59.7 Å². The molecular weight excluding hydrogens is 402 g/mol. The van der Waals surface area contributed by atoms with Crippen LogP contribution in [0.5, 0.6) is 0 Å². The Morgan fingerprint density at radius 3 is 2.50 bits per heavy atom. The van der Waals surface area contributed by atoms with Gasteiger partial charge >= 0.3 is 0 Å². The highest BCUT2D eigenvalue weighted by Gasteiger charge is 2.22. The summed E-state index contributed by atoms with van der Waals surface area (Å²) in [6.45, 7) is 2.38. The molecule has 0 spiro atoms. The molecule has 2 aromatic rings. The summed E-state index contributed by atoms with van der Waals surface area (Å²) in [6.07, 6.45) is 5.96. The molecular formula is C26H31N3O3. The van der Waals surface area contributed by atoms with Gasteiger partial charge in [-0.2, -0.15) is 0 Å². The number of likely N-dealkylation sites (tertiary alicyclic amines) is 1. The third kappa shape index (κ3) is 5.55. The van der Waals surface area contributed by atoms with E-state index in [2.05, 4.69) is 22.8 Å². The van der Waals surface area contributed by atoms with Gasteiger partial charge in [-0.15, -0.1) is 0 Å². The lowest BCUT2D eigenvalue weighted by molar-refractivity contribution is -0.131. The third-order valence-corrected chi connectivity index (χ3v) is 6.40. The van der Waals surface area contributed by atoms with Crippen LogP contribution < -0.4 is 10.6 Å². The Labute approximate surface area is 189 Å². The topological polar surface area (TPSA) is 78.5 Å². The van der Waals surface area contributed by atoms with Crippen LogP contribution in [0.1, 0.15) is 48.0 Å². The van der Waals surface area contributed by atoms with Gasteiger partial charge < -0.3 is 15.5 Å². The number of piperidine rings is 2. The third-order valence-electron chi connectivity index (χ3n) is 6.40. The second-order valence-electron chi connectivity index (χ2n) is 8.74. The smallest absolute Gasteiger partial charge is 0.251 e. The minimum atomic E-state index is -0.239. The molecule has 6 nitrogen and oxygen atoms in total. The van der Waals surface area contributed by atoms with Crippen LogP contribution in [0, 0.1) is 5.92 Å². The van der Waals surface area contributed by atoms with Crippen LogP contribution in [-0.4, -0.2) is 48.8 Å². The van der Waals surface area contributed by atoms with E-state index in [0.29, 0.717) is 5.56 Å². The lowest BCUT2D eigenvalue weighted by Crippen LogP contribution is -2.42. The van der Waals surface area contributed by atoms with Gasteiger partial charge in [0.1, 0.15) is 0 Å². The number of hydrogen-bond acceptors (Lipinski definition) is 3. The van der Waals surface area contributed by atoms with Crippen molar-refractivity contribution < 1.29 is 14.4 Å². The number of nitrogens with one attached hydrogen (secondary N) is 2. The molecule has 0 bridgehead atoms. The van der Waals surface area contributed by atoms with Crippen LogP contribution >= 0.6 is 0 Å². The van der Waals surface area contributed by atoms with Crippen molar-refractivity contribution in [2.24, 2.45) is 5.92 Å². The minimum absolute atomic E-state index is 0.0172. The molecule has 2 aliphatic rings. The number of benzene rings is 2. The average Bonchev–Trinajstić information content (AvgIpc) is 2.85. The molecule has 2 heterocycles. The van der Waals surface area contributed by atoms with E-state index in [1.54, 1.807) is 6.07 Å². The van der Waals surface area contributed by atoms with Crippen molar-refractivity contribution >= 4 is 17.7 Å². The van der Waals surface area contributed by atoms with Crippen molar-refractivity contribution in [1.29, 1.82) is 0 Å². The number of nitrogens with zero attached hydrogens (tertiary/aromatic N) is 1. The van der Waals surface area contributed by atoms with E-state index in [1.165, 1.54) is 6.42 Å². The van der Waals surface area contributed by atoms with Crippen LogP contribution in [0.4, 0.5) is 0 Å². The summed E-state index contributed by atoms with van der Waals surface area (Å²) in [5.74, 6) is -0.0549. The predicted octanol–water partition coefficient (Wildman–Crippen LogP) is 3.16. The molecule has 4 rings (SSSR count). The van der Waals surface area contributed by atoms with Gasteiger partial charge in [0.15, 0.2) is 0 Å². The molecule has 2 fully saturated rings. The van der Waals surface area contributed by atoms with E-state index in [9.17, 15) is 14.4 Å². The monoisotopic (exact) mass is 433 g/mol. The standard InChI is InChI=1S/C26H31N3O3/c30-24(29-14-2-1-3-15-29)18-28-26(32)23-7-4-6-21(17-23)20-11-9-19(10-12-20)16-22-8-5-13-27-25(22)31/h4,6-7,9-12,17,22H,1-3,5,8,13-16,18H2,(H,27,31)(H,28,32)/t22-/m1/s1. The van der Waals surface area contributed by atoms with E-state index >= 15 is 0 Å². The first-order valence-corrected chi connectivity index (χ1v) is 11.6. The van der Waals surface area contributed by atoms with Gasteiger partial charge in [-0.1, -0.05) is 36.4 Å². The van der Waals surface area contributed by atoms with Crippen molar-refractivity contribution in [3.8, 4) is 11.1 Å². The predicted molar refractivity (Wildman–Crippen MR) is 124 cm³/mol. The zero-order valence-corrected chi connectivity index (χ0v) is 18.4. The Balaban J connectivity index is 1.36. The molecule has 0 unspecified atom stereocenters. The summed E-state index contributed by atoms with van der Waals surface area (Å²) in [7, 11) is 0. The molecule has 0 aromatic heterocycles. The number of hydrogen-bond donors (Lipinski definition) is 2. The van der Waals surface area contributed by atoms with Gasteiger partial charge in [0.2, 0.25) is 11.8 Å². The Morgan fingerprint density at radius 1 is 0.969 bits per heavy atom. The maximum absolute atomic E-state index is 12.6. The van der Waals surface area contributed by atoms with E-state index in [0.717, 1.165) is 68.4 Å². The van der Waals surface area contributed by atoms with Crippen molar-refractivity contribution in [2.45, 2.75) is 38.5 Å². The first kappa shape index (κ1) is 22.1. The molecule has 2 aliphatic heterocycles. The number of carbonyl (C=O) groups is 3. The van der Waals surface area contributed by atoms with Crippen molar-refractivity contribution in [3.63, 3.8) is 0 Å². The zero-order valence-electron chi connectivity index (χ0n) is 18.4. The average molecular weight is 434 g/mol. The Morgan fingerprint density at radius 2 is 1.75 bits per heavy atom. The number of amides is 3. The summed E-state index contributed by atoms with van der Waals surface area (Å²) in [6, 6.07) is 15.6. The van der Waals surface area contributed by atoms with Gasteiger partial charge in [-0.25, -0.2) is 0 Å². The summed E-state index contributed by atoms with van der Waals surface area (Å²) >= 11 is 0. The fraction of sp³-hybridized carbons (Fsp3) is 0.423. The fourth-order valence-corrected chi connectivity index (χ4v) is 4.50. The second kappa shape index (κ2) is 10.4. The minimum Gasteiger partial charge on any atom is -0.356 e. The van der Waals surface area contributed by atoms with Crippen LogP contribution in [0.25, 0.3) is 11.1 Å². The van der Waals surface area contributed by atoms with Crippen LogP contribution in [0.2, 0.25) is 0 Å². The first-order chi connectivity index (χ1) is 15.6. The normalized spacial score (nSPS) is 18.7. The van der Waals surface area contributed by atoms with Crippen LogP contribution in [0.15, 0.2) is 48.5 Å². The highest BCUT2D eigenvalue weighted by molar-refractivity contribution is 5.97. The molecule has 1 atom stereocenters. The maximum atomic E-state index is 12.6. The molecule has 2 aromatic carbocycles. The molecule has 2 N–H and O–H groups in total. The molecule has 0 aliphatic carbocycles. The Bertz CT molecular complexity index is 965. The lowest BCUT2D eigenvalue weighted by atomic mass is 9.91. The van der Waals surface area contributed by atoms with Crippen LogP contribution in [-0.2, 0) is 16.0 Å². The molecule has 6 heteroatoms. The molecule has 2 saturated heterocycles. The van der Waals surface area contributed by atoms with E-state index in [1.807, 2.05) is 35.2 Å². The molecule has 32 heavy (non-hydrogen) atoms. The SMILES string of the molecule is O=C(NCC(=O)N1CCCCC1)c1cccc(-c2ccc(C[C@H]3CCCNC3=O)cc2)c1. The van der Waals surface area contributed by atoms with Crippen molar-refractivity contribution in [2.75, 3.05) is 26.2 Å². The quantitative estimate of drug-likeness (QED) is 0.735. The van der Waals surface area contributed by atoms with Gasteiger partial charge in [0.25, 0.3) is 5.91 Å². The van der Waals surface area contributed by atoms with Gasteiger partial charge in [-0.05, 0) is 67.3 Å². The Kier molecular flexibility index (Phi) is 7.20.